The summed E-state index contributed by atoms with van der Waals surface area (Å²) < 4.78 is 34.3. The summed E-state index contributed by atoms with van der Waals surface area (Å²) in [5.41, 5.74) is 4.26. The number of rotatable bonds is 8. The number of methoxy groups -OCH3 is 1. The van der Waals surface area contributed by atoms with E-state index in [0.717, 1.165) is 28.8 Å². The summed E-state index contributed by atoms with van der Waals surface area (Å²) in [6.45, 7) is 2.78. The van der Waals surface area contributed by atoms with Crippen LogP contribution < -0.4 is 10.1 Å². The zero-order chi connectivity index (χ0) is 24.5. The number of likely N-dealkylation sites (tertiary alicyclic amines) is 1. The van der Waals surface area contributed by atoms with E-state index in [1.807, 2.05) is 23.9 Å². The number of hydrogen-bond acceptors (Lipinski definition) is 6. The topological polar surface area (TPSA) is 75.5 Å². The number of nitrogens with one attached hydrogen (secondary N) is 1. The molecule has 0 saturated carbocycles. The largest absolute Gasteiger partial charge is 0.494 e. The first-order valence-electron chi connectivity index (χ1n) is 11.6. The number of hydrogen-bond donors (Lipinski definition) is 1. The number of nitrogens with zero attached hydrogens (tertiary/aromatic N) is 5. The fourth-order valence-corrected chi connectivity index (χ4v) is 4.82. The maximum atomic E-state index is 13.8. The van der Waals surface area contributed by atoms with E-state index in [4.69, 9.17) is 4.74 Å². The lowest BCUT2D eigenvalue weighted by molar-refractivity contribution is 0.0583. The van der Waals surface area contributed by atoms with Crippen molar-refractivity contribution in [3.63, 3.8) is 0 Å². The Hall–Kier alpha value is -3.53. The van der Waals surface area contributed by atoms with Gasteiger partial charge in [0.1, 0.15) is 6.17 Å². The summed E-state index contributed by atoms with van der Waals surface area (Å²) in [6.07, 6.45) is 4.63. The normalized spacial score (nSPS) is 16.2. The first kappa shape index (κ1) is 23.2. The molecule has 0 radical (unpaired) electrons. The van der Waals surface area contributed by atoms with Gasteiger partial charge in [-0.15, -0.1) is 0 Å². The van der Waals surface area contributed by atoms with Gasteiger partial charge in [0.2, 0.25) is 5.95 Å². The first-order valence-corrected chi connectivity index (χ1v) is 11.6. The molecule has 1 amide bonds. The number of carbonyl (C=O) groups excluding carboxylic acids is 1. The predicted molar refractivity (Wildman–Crippen MR) is 127 cm³/mol. The summed E-state index contributed by atoms with van der Waals surface area (Å²) in [7, 11) is 3.21. The minimum atomic E-state index is -0.782. The number of benzene rings is 1. The maximum Gasteiger partial charge on any atom is 0.254 e. The van der Waals surface area contributed by atoms with Gasteiger partial charge in [-0.05, 0) is 29.2 Å². The molecular formula is C25H28F2N6O2. The van der Waals surface area contributed by atoms with E-state index in [1.165, 1.54) is 13.2 Å². The van der Waals surface area contributed by atoms with Crippen LogP contribution in [-0.4, -0.2) is 70.2 Å². The number of halogens is 2. The van der Waals surface area contributed by atoms with Crippen LogP contribution in [0.15, 0.2) is 36.8 Å². The van der Waals surface area contributed by atoms with Gasteiger partial charge in [-0.25, -0.2) is 13.8 Å². The third-order valence-corrected chi connectivity index (χ3v) is 6.60. The molecule has 2 aliphatic rings. The standard InChI is InChI=1S/C25H28F2N6O2/c1-28-25-29-4-6-33(25)11-16-7-17(12-31-13-18(26)14-31)20-3-5-32(24(34)21(20)8-16)15-19-9-23(35-2)22(27)10-30-19/h4,6-10,18H,3,5,11-15H2,1-2H3,(H,28,29). The lowest BCUT2D eigenvalue weighted by Gasteiger charge is -2.36. The van der Waals surface area contributed by atoms with Crippen LogP contribution in [-0.2, 0) is 26.1 Å². The molecule has 35 heavy (non-hydrogen) atoms. The molecule has 0 bridgehead atoms. The van der Waals surface area contributed by atoms with Crippen molar-refractivity contribution in [3.8, 4) is 5.75 Å². The van der Waals surface area contributed by atoms with Crippen molar-refractivity contribution in [2.75, 3.05) is 39.1 Å². The molecule has 1 N–H and O–H groups in total. The lowest BCUT2D eigenvalue weighted by Crippen LogP contribution is -2.48. The number of ether oxygens (including phenoxy) is 1. The van der Waals surface area contributed by atoms with Crippen LogP contribution in [0.2, 0.25) is 0 Å². The van der Waals surface area contributed by atoms with Gasteiger partial charge >= 0.3 is 0 Å². The molecule has 1 saturated heterocycles. The summed E-state index contributed by atoms with van der Waals surface area (Å²) in [4.78, 5) is 25.8. The third-order valence-electron chi connectivity index (χ3n) is 6.60. The highest BCUT2D eigenvalue weighted by molar-refractivity contribution is 5.97. The third kappa shape index (κ3) is 4.70. The van der Waals surface area contributed by atoms with E-state index in [-0.39, 0.29) is 18.2 Å². The van der Waals surface area contributed by atoms with E-state index in [0.29, 0.717) is 50.4 Å². The average molecular weight is 483 g/mol. The van der Waals surface area contributed by atoms with E-state index >= 15 is 0 Å². The van der Waals surface area contributed by atoms with Crippen LogP contribution in [0, 0.1) is 5.82 Å². The first-order chi connectivity index (χ1) is 16.9. The van der Waals surface area contributed by atoms with E-state index in [9.17, 15) is 13.6 Å². The molecule has 1 fully saturated rings. The van der Waals surface area contributed by atoms with Crippen molar-refractivity contribution in [2.24, 2.45) is 0 Å². The maximum absolute atomic E-state index is 13.8. The summed E-state index contributed by atoms with van der Waals surface area (Å²) in [5, 5.41) is 3.07. The molecule has 10 heteroatoms. The quantitative estimate of drug-likeness (QED) is 0.532. The fourth-order valence-electron chi connectivity index (χ4n) is 4.82. The van der Waals surface area contributed by atoms with Crippen LogP contribution in [0.5, 0.6) is 5.75 Å². The smallest absolute Gasteiger partial charge is 0.254 e. The number of carbonyl (C=O) groups is 1. The second-order valence-corrected chi connectivity index (χ2v) is 8.99. The van der Waals surface area contributed by atoms with Gasteiger partial charge in [0, 0.05) is 57.3 Å². The van der Waals surface area contributed by atoms with Gasteiger partial charge < -0.3 is 19.5 Å². The number of alkyl halides is 1. The van der Waals surface area contributed by atoms with Gasteiger partial charge in [-0.2, -0.15) is 0 Å². The molecule has 5 rings (SSSR count). The Morgan fingerprint density at radius 2 is 2.00 bits per heavy atom. The molecule has 2 aromatic heterocycles. The van der Waals surface area contributed by atoms with Crippen LogP contribution >= 0.6 is 0 Å². The second kappa shape index (κ2) is 9.61. The van der Waals surface area contributed by atoms with Crippen LogP contribution in [0.4, 0.5) is 14.7 Å². The van der Waals surface area contributed by atoms with Crippen LogP contribution in [0.25, 0.3) is 0 Å². The molecule has 0 atom stereocenters. The van der Waals surface area contributed by atoms with Crippen molar-refractivity contribution in [3.05, 3.63) is 70.6 Å². The minimum absolute atomic E-state index is 0.0918. The number of amides is 1. The number of anilines is 1. The highest BCUT2D eigenvalue weighted by atomic mass is 19.1. The van der Waals surface area contributed by atoms with Crippen LogP contribution in [0.1, 0.15) is 32.7 Å². The minimum Gasteiger partial charge on any atom is -0.494 e. The molecule has 4 heterocycles. The fraction of sp³-hybridized carbons (Fsp3) is 0.400. The summed E-state index contributed by atoms with van der Waals surface area (Å²) >= 11 is 0. The van der Waals surface area contributed by atoms with Gasteiger partial charge in [-0.3, -0.25) is 14.7 Å². The highest BCUT2D eigenvalue weighted by Gasteiger charge is 2.31. The molecule has 3 aromatic rings. The Bertz CT molecular complexity index is 1240. The zero-order valence-corrected chi connectivity index (χ0v) is 19.8. The number of imidazole rings is 1. The number of fused-ring (bicyclic) bond motifs is 1. The monoisotopic (exact) mass is 482 g/mol. The molecular weight excluding hydrogens is 454 g/mol. The Morgan fingerprint density at radius 1 is 1.17 bits per heavy atom. The van der Waals surface area contributed by atoms with Crippen molar-refractivity contribution in [1.82, 2.24) is 24.3 Å². The van der Waals surface area contributed by atoms with Crippen LogP contribution in [0.3, 0.4) is 0 Å². The van der Waals surface area contributed by atoms with Gasteiger partial charge in [0.15, 0.2) is 11.6 Å². The van der Waals surface area contributed by atoms with Gasteiger partial charge in [-0.1, -0.05) is 6.07 Å². The van der Waals surface area contributed by atoms with Gasteiger partial charge in [0.05, 0.1) is 32.1 Å². The van der Waals surface area contributed by atoms with Crippen molar-refractivity contribution >= 4 is 11.9 Å². The van der Waals surface area contributed by atoms with Gasteiger partial charge in [0.25, 0.3) is 5.91 Å². The van der Waals surface area contributed by atoms with Crippen molar-refractivity contribution in [1.29, 1.82) is 0 Å². The summed E-state index contributed by atoms with van der Waals surface area (Å²) in [6, 6.07) is 5.59. The summed E-state index contributed by atoms with van der Waals surface area (Å²) in [5.74, 6) is 0.205. The second-order valence-electron chi connectivity index (χ2n) is 8.99. The predicted octanol–water partition coefficient (Wildman–Crippen LogP) is 2.87. The molecule has 1 aromatic carbocycles. The highest BCUT2D eigenvalue weighted by Crippen LogP contribution is 2.29. The number of aromatic nitrogens is 3. The molecule has 0 unspecified atom stereocenters. The average Bonchev–Trinajstić information content (AvgIpc) is 3.28. The Labute approximate surface area is 202 Å². The SMILES string of the molecule is CNc1nccn1Cc1cc(CN2CC(F)C2)c2c(c1)C(=O)N(Cc1cc(OC)c(F)cn1)CC2. The molecule has 184 valence electrons. The molecule has 0 spiro atoms. The molecule has 2 aliphatic heterocycles. The van der Waals surface area contributed by atoms with E-state index in [2.05, 4.69) is 26.3 Å². The number of pyridine rings is 1. The molecule has 0 aliphatic carbocycles. The van der Waals surface area contributed by atoms with Crippen molar-refractivity contribution in [2.45, 2.75) is 32.2 Å². The lowest BCUT2D eigenvalue weighted by atomic mass is 9.90. The van der Waals surface area contributed by atoms with Crippen molar-refractivity contribution < 1.29 is 18.3 Å². The van der Waals surface area contributed by atoms with E-state index < -0.39 is 12.0 Å². The zero-order valence-electron chi connectivity index (χ0n) is 19.8. The Morgan fingerprint density at radius 3 is 2.74 bits per heavy atom. The van der Waals surface area contributed by atoms with E-state index in [1.54, 1.807) is 11.1 Å². The Balaban J connectivity index is 1.44. The molecule has 8 nitrogen and oxygen atoms in total. The Kier molecular flexibility index (Phi) is 6.38.